The monoisotopic (exact) mass is 439 g/mol. The summed E-state index contributed by atoms with van der Waals surface area (Å²) in [6.07, 6.45) is 0. The molecule has 2 aromatic carbocycles. The third-order valence-corrected chi connectivity index (χ3v) is 4.39. The van der Waals surface area contributed by atoms with Crippen LogP contribution < -0.4 is 5.32 Å². The number of nitrogens with zero attached hydrogens (tertiary/aromatic N) is 2. The van der Waals surface area contributed by atoms with Crippen LogP contribution in [0.4, 0.5) is 11.4 Å². The molecule has 0 aliphatic carbocycles. The van der Waals surface area contributed by atoms with Gasteiger partial charge in [-0.05, 0) is 36.8 Å². The lowest BCUT2D eigenvalue weighted by molar-refractivity contribution is -0.384. The lowest BCUT2D eigenvalue weighted by Crippen LogP contribution is -2.35. The van der Waals surface area contributed by atoms with Gasteiger partial charge in [-0.3, -0.25) is 19.7 Å². The van der Waals surface area contributed by atoms with Crippen LogP contribution in [0.1, 0.15) is 15.9 Å². The number of carbonyl (C=O) groups excluding carboxylic acids is 2. The average molecular weight is 441 g/mol. The number of benzene rings is 2. The van der Waals surface area contributed by atoms with E-state index >= 15 is 0 Å². The summed E-state index contributed by atoms with van der Waals surface area (Å²) in [6.45, 7) is 1.66. The molecule has 0 saturated carbocycles. The molecule has 7 nitrogen and oxygen atoms in total. The maximum atomic E-state index is 12.4. The molecule has 9 heteroatoms. The molecule has 1 N–H and O–H groups in total. The third kappa shape index (κ3) is 4.80. The Bertz CT molecular complexity index is 888. The van der Waals surface area contributed by atoms with Crippen LogP contribution in [-0.2, 0) is 4.79 Å². The third-order valence-electron chi connectivity index (χ3n) is 3.58. The molecule has 0 aliphatic rings. The number of anilines is 1. The molecule has 0 aromatic heterocycles. The predicted octanol–water partition coefficient (Wildman–Crippen LogP) is 4.03. The molecule has 2 aromatic rings. The van der Waals surface area contributed by atoms with Crippen molar-refractivity contribution in [3.8, 4) is 0 Å². The summed E-state index contributed by atoms with van der Waals surface area (Å²) in [7, 11) is 1.45. The number of nitrogens with one attached hydrogen (secondary N) is 1. The Morgan fingerprint density at radius 1 is 1.27 bits per heavy atom. The van der Waals surface area contributed by atoms with Crippen molar-refractivity contribution in [3.63, 3.8) is 0 Å². The second kappa shape index (κ2) is 8.29. The topological polar surface area (TPSA) is 92.6 Å². The zero-order valence-corrected chi connectivity index (χ0v) is 16.3. The van der Waals surface area contributed by atoms with E-state index in [0.717, 1.165) is 16.1 Å². The van der Waals surface area contributed by atoms with Gasteiger partial charge in [-0.15, -0.1) is 0 Å². The molecule has 0 fully saturated rings. The molecular weight excluding hydrogens is 426 g/mol. The smallest absolute Gasteiger partial charge is 0.270 e. The van der Waals surface area contributed by atoms with Gasteiger partial charge in [0.1, 0.15) is 0 Å². The normalized spacial score (nSPS) is 10.3. The fourth-order valence-electron chi connectivity index (χ4n) is 2.24. The van der Waals surface area contributed by atoms with E-state index in [9.17, 15) is 19.7 Å². The second-order valence-corrected chi connectivity index (χ2v) is 6.91. The number of nitro benzene ring substituents is 1. The summed E-state index contributed by atoms with van der Waals surface area (Å²) in [5.74, 6) is -0.878. The van der Waals surface area contributed by atoms with Crippen molar-refractivity contribution in [3.05, 3.63) is 67.1 Å². The molecular formula is C17H15BrClN3O4. The highest BCUT2D eigenvalue weighted by atomic mass is 79.9. The molecule has 0 unspecified atom stereocenters. The number of amides is 2. The largest absolute Gasteiger partial charge is 0.332 e. The van der Waals surface area contributed by atoms with E-state index < -0.39 is 10.8 Å². The lowest BCUT2D eigenvalue weighted by Gasteiger charge is -2.18. The highest BCUT2D eigenvalue weighted by Crippen LogP contribution is 2.24. The van der Waals surface area contributed by atoms with Crippen LogP contribution in [0.15, 0.2) is 40.9 Å². The highest BCUT2D eigenvalue weighted by molar-refractivity contribution is 9.10. The first-order valence-corrected chi connectivity index (χ1v) is 8.61. The quantitative estimate of drug-likeness (QED) is 0.561. The van der Waals surface area contributed by atoms with E-state index in [1.807, 2.05) is 13.0 Å². The van der Waals surface area contributed by atoms with Gasteiger partial charge in [0.2, 0.25) is 5.91 Å². The van der Waals surface area contributed by atoms with Gasteiger partial charge in [-0.2, -0.15) is 0 Å². The maximum Gasteiger partial charge on any atom is 0.270 e. The zero-order chi connectivity index (χ0) is 19.4. The Hall–Kier alpha value is -2.45. The van der Waals surface area contributed by atoms with E-state index in [1.54, 1.807) is 12.1 Å². The summed E-state index contributed by atoms with van der Waals surface area (Å²) < 4.78 is 0.896. The Balaban J connectivity index is 2.06. The van der Waals surface area contributed by atoms with E-state index in [-0.39, 0.29) is 28.7 Å². The van der Waals surface area contributed by atoms with E-state index in [2.05, 4.69) is 21.2 Å². The van der Waals surface area contributed by atoms with E-state index in [0.29, 0.717) is 5.69 Å². The predicted molar refractivity (Wildman–Crippen MR) is 103 cm³/mol. The molecule has 0 spiro atoms. The van der Waals surface area contributed by atoms with Gasteiger partial charge in [0.05, 0.1) is 22.1 Å². The van der Waals surface area contributed by atoms with Crippen molar-refractivity contribution >= 4 is 50.7 Å². The number of likely N-dealkylation sites (N-methyl/N-ethyl adjacent to an activating group) is 1. The van der Waals surface area contributed by atoms with E-state index in [4.69, 9.17) is 11.6 Å². The highest BCUT2D eigenvalue weighted by Gasteiger charge is 2.20. The maximum absolute atomic E-state index is 12.4. The minimum absolute atomic E-state index is 0.0415. The first-order chi connectivity index (χ1) is 12.2. The first-order valence-electron chi connectivity index (χ1n) is 7.44. The van der Waals surface area contributed by atoms with Crippen molar-refractivity contribution in [2.75, 3.05) is 18.9 Å². The molecule has 0 radical (unpaired) electrons. The Morgan fingerprint density at radius 2 is 1.96 bits per heavy atom. The van der Waals surface area contributed by atoms with Crippen molar-refractivity contribution in [2.45, 2.75) is 6.92 Å². The number of hydrogen-bond acceptors (Lipinski definition) is 4. The first kappa shape index (κ1) is 19.9. The van der Waals surface area contributed by atoms with Crippen LogP contribution in [0, 0.1) is 17.0 Å². The summed E-state index contributed by atoms with van der Waals surface area (Å²) in [4.78, 5) is 35.9. The zero-order valence-electron chi connectivity index (χ0n) is 14.0. The molecule has 0 heterocycles. The number of halogens is 2. The minimum atomic E-state index is -0.599. The van der Waals surface area contributed by atoms with Gasteiger partial charge < -0.3 is 10.2 Å². The Labute approximate surface area is 163 Å². The van der Waals surface area contributed by atoms with Crippen LogP contribution in [0.25, 0.3) is 0 Å². The number of nitro groups is 1. The number of non-ortho nitro benzene ring substituents is 1. The lowest BCUT2D eigenvalue weighted by atomic mass is 10.1. The van der Waals surface area contributed by atoms with Crippen molar-refractivity contribution in [1.29, 1.82) is 0 Å². The van der Waals surface area contributed by atoms with Crippen LogP contribution >= 0.6 is 27.5 Å². The summed E-state index contributed by atoms with van der Waals surface area (Å²) in [5.41, 5.74) is 1.40. The van der Waals surface area contributed by atoms with Gasteiger partial charge in [-0.1, -0.05) is 27.5 Å². The van der Waals surface area contributed by atoms with Crippen LogP contribution in [0.5, 0.6) is 0 Å². The van der Waals surface area contributed by atoms with Gasteiger partial charge in [0.25, 0.3) is 11.6 Å². The molecule has 0 saturated heterocycles. The molecule has 2 rings (SSSR count). The van der Waals surface area contributed by atoms with Gasteiger partial charge in [0.15, 0.2) is 0 Å². The fraction of sp³-hybridized carbons (Fsp3) is 0.176. The molecule has 2 amide bonds. The van der Waals surface area contributed by atoms with Crippen LogP contribution in [0.3, 0.4) is 0 Å². The number of hydrogen-bond donors (Lipinski definition) is 1. The number of aryl methyl sites for hydroxylation is 1. The molecule has 0 aliphatic heterocycles. The van der Waals surface area contributed by atoms with Gasteiger partial charge in [0, 0.05) is 29.3 Å². The van der Waals surface area contributed by atoms with Gasteiger partial charge >= 0.3 is 0 Å². The molecule has 0 atom stereocenters. The fourth-order valence-corrected chi connectivity index (χ4v) is 2.97. The summed E-state index contributed by atoms with van der Waals surface area (Å²) in [6, 6.07) is 8.99. The molecule has 136 valence electrons. The Morgan fingerprint density at radius 3 is 2.54 bits per heavy atom. The minimum Gasteiger partial charge on any atom is -0.332 e. The van der Waals surface area contributed by atoms with Crippen molar-refractivity contribution < 1.29 is 14.5 Å². The van der Waals surface area contributed by atoms with Crippen LogP contribution in [-0.4, -0.2) is 35.2 Å². The SMILES string of the molecule is Cc1cc(Br)ccc1NC(=O)CN(C)C(=O)c1ccc([N+](=O)[O-])cc1Cl. The number of rotatable bonds is 5. The molecule has 0 bridgehead atoms. The van der Waals surface area contributed by atoms with Gasteiger partial charge in [-0.25, -0.2) is 0 Å². The summed E-state index contributed by atoms with van der Waals surface area (Å²) in [5, 5.41) is 13.4. The second-order valence-electron chi connectivity index (χ2n) is 5.59. The number of carbonyl (C=O) groups is 2. The van der Waals surface area contributed by atoms with Crippen molar-refractivity contribution in [2.24, 2.45) is 0 Å². The standard InChI is InChI=1S/C17H15BrClN3O4/c1-10-7-11(18)3-6-15(10)20-16(23)9-21(2)17(24)13-5-4-12(22(25)26)8-14(13)19/h3-8H,9H2,1-2H3,(H,20,23). The van der Waals surface area contributed by atoms with Crippen molar-refractivity contribution in [1.82, 2.24) is 4.90 Å². The summed E-state index contributed by atoms with van der Waals surface area (Å²) >= 11 is 9.31. The Kier molecular flexibility index (Phi) is 6.33. The van der Waals surface area contributed by atoms with Crippen LogP contribution in [0.2, 0.25) is 5.02 Å². The van der Waals surface area contributed by atoms with E-state index in [1.165, 1.54) is 24.1 Å². The molecule has 26 heavy (non-hydrogen) atoms. The average Bonchev–Trinajstić information content (AvgIpc) is 2.56.